The first-order valence-electron chi connectivity index (χ1n) is 5.01. The zero-order valence-electron chi connectivity index (χ0n) is 8.56. The first-order valence-corrected chi connectivity index (χ1v) is 5.01. The normalized spacial score (nSPS) is 17.7. The molecule has 1 N–H and O–H groups in total. The van der Waals surface area contributed by atoms with E-state index < -0.39 is 0 Å². The van der Waals surface area contributed by atoms with Gasteiger partial charge in [-0.2, -0.15) is 0 Å². The molecule has 0 spiro atoms. The predicted molar refractivity (Wildman–Crippen MR) is 56.6 cm³/mol. The van der Waals surface area contributed by atoms with Gasteiger partial charge in [-0.15, -0.1) is 0 Å². The Bertz CT molecular complexity index is 395. The van der Waals surface area contributed by atoms with Crippen LogP contribution >= 0.6 is 0 Å². The second-order valence-corrected chi connectivity index (χ2v) is 3.90. The van der Waals surface area contributed by atoms with Gasteiger partial charge in [-0.05, 0) is 24.6 Å². The molecule has 1 aliphatic rings. The van der Waals surface area contributed by atoms with Crippen molar-refractivity contribution >= 4 is 5.83 Å². The number of hydrogen-bond donors (Lipinski definition) is 1. The van der Waals surface area contributed by atoms with E-state index in [0.29, 0.717) is 11.1 Å². The van der Waals surface area contributed by atoms with Gasteiger partial charge in [0.1, 0.15) is 11.6 Å². The molecule has 1 fully saturated rings. The van der Waals surface area contributed by atoms with E-state index in [1.807, 2.05) is 0 Å². The van der Waals surface area contributed by atoms with Crippen LogP contribution in [0.1, 0.15) is 11.1 Å². The molecule has 0 aliphatic carbocycles. The smallest absolute Gasteiger partial charge is 0.126 e. The van der Waals surface area contributed by atoms with Crippen molar-refractivity contribution in [1.82, 2.24) is 5.32 Å². The van der Waals surface area contributed by atoms with Gasteiger partial charge in [-0.3, -0.25) is 0 Å². The topological polar surface area (TPSA) is 12.0 Å². The molecular weight excluding hydrogens is 196 g/mol. The number of rotatable bonds is 2. The van der Waals surface area contributed by atoms with Crippen LogP contribution in [0.2, 0.25) is 0 Å². The van der Waals surface area contributed by atoms with E-state index in [2.05, 4.69) is 5.32 Å². The highest BCUT2D eigenvalue weighted by atomic mass is 19.1. The van der Waals surface area contributed by atoms with Gasteiger partial charge in [0.05, 0.1) is 0 Å². The third kappa shape index (κ3) is 2.23. The molecular formula is C12H13F2N. The van der Waals surface area contributed by atoms with Crippen molar-refractivity contribution in [1.29, 1.82) is 0 Å². The van der Waals surface area contributed by atoms with E-state index in [1.54, 1.807) is 25.1 Å². The lowest BCUT2D eigenvalue weighted by Crippen LogP contribution is -2.40. The van der Waals surface area contributed by atoms with Crippen LogP contribution in [-0.4, -0.2) is 13.1 Å². The fourth-order valence-corrected chi connectivity index (χ4v) is 1.47. The molecule has 15 heavy (non-hydrogen) atoms. The minimum atomic E-state index is -0.359. The number of benzene rings is 1. The summed E-state index contributed by atoms with van der Waals surface area (Å²) in [6.45, 7) is 3.28. The largest absolute Gasteiger partial charge is 0.315 e. The molecule has 0 unspecified atom stereocenters. The molecule has 0 aromatic heterocycles. The third-order valence-electron chi connectivity index (χ3n) is 2.64. The molecule has 1 aromatic rings. The maximum absolute atomic E-state index is 13.6. The zero-order chi connectivity index (χ0) is 10.8. The predicted octanol–water partition coefficient (Wildman–Crippen LogP) is 2.66. The lowest BCUT2D eigenvalue weighted by Gasteiger charge is -2.23. The Morgan fingerprint density at radius 1 is 1.47 bits per heavy atom. The molecule has 1 heterocycles. The molecule has 1 aromatic carbocycles. The van der Waals surface area contributed by atoms with Crippen molar-refractivity contribution in [3.63, 3.8) is 0 Å². The zero-order valence-corrected chi connectivity index (χ0v) is 8.56. The third-order valence-corrected chi connectivity index (χ3v) is 2.64. The maximum atomic E-state index is 13.6. The van der Waals surface area contributed by atoms with Crippen LogP contribution in [0.3, 0.4) is 0 Å². The van der Waals surface area contributed by atoms with E-state index in [4.69, 9.17) is 0 Å². The molecule has 0 amide bonds. The molecule has 3 heteroatoms. The molecule has 2 rings (SSSR count). The summed E-state index contributed by atoms with van der Waals surface area (Å²) in [5.74, 6) is -0.447. The average molecular weight is 209 g/mol. The summed E-state index contributed by atoms with van der Waals surface area (Å²) in [7, 11) is 0. The summed E-state index contributed by atoms with van der Waals surface area (Å²) < 4.78 is 26.8. The summed E-state index contributed by atoms with van der Waals surface area (Å²) in [5.41, 5.74) is 0.863. The molecule has 1 aliphatic heterocycles. The monoisotopic (exact) mass is 209 g/mol. The Kier molecular flexibility index (Phi) is 2.82. The molecule has 0 saturated carbocycles. The standard InChI is InChI=1S/C12H13F2N/c1-8-2-3-10(5-11(8)13)12(14)4-9-6-15-7-9/h2-5,9,15H,6-7H2,1H3. The average Bonchev–Trinajstić information content (AvgIpc) is 2.15. The van der Waals surface area contributed by atoms with Crippen LogP contribution in [0.4, 0.5) is 8.78 Å². The van der Waals surface area contributed by atoms with E-state index in [-0.39, 0.29) is 17.6 Å². The van der Waals surface area contributed by atoms with Gasteiger partial charge < -0.3 is 5.32 Å². The van der Waals surface area contributed by atoms with E-state index in [9.17, 15) is 8.78 Å². The Balaban J connectivity index is 2.20. The number of aryl methyl sites for hydroxylation is 1. The number of hydrogen-bond acceptors (Lipinski definition) is 1. The second-order valence-electron chi connectivity index (χ2n) is 3.90. The van der Waals surface area contributed by atoms with Crippen LogP contribution in [0.5, 0.6) is 0 Å². The fourth-order valence-electron chi connectivity index (χ4n) is 1.47. The summed E-state index contributed by atoms with van der Waals surface area (Å²) in [5, 5.41) is 3.05. The summed E-state index contributed by atoms with van der Waals surface area (Å²) in [6.07, 6.45) is 1.56. The lowest BCUT2D eigenvalue weighted by atomic mass is 10.0. The van der Waals surface area contributed by atoms with Crippen molar-refractivity contribution in [3.05, 3.63) is 41.2 Å². The van der Waals surface area contributed by atoms with Gasteiger partial charge in [0.2, 0.25) is 0 Å². The molecule has 0 bridgehead atoms. The molecule has 0 atom stereocenters. The number of nitrogens with one attached hydrogen (secondary N) is 1. The highest BCUT2D eigenvalue weighted by Gasteiger charge is 2.15. The van der Waals surface area contributed by atoms with Gasteiger partial charge in [-0.25, -0.2) is 8.78 Å². The molecule has 1 saturated heterocycles. The summed E-state index contributed by atoms with van der Waals surface area (Å²) >= 11 is 0. The minimum absolute atomic E-state index is 0.245. The Labute approximate surface area is 87.8 Å². The van der Waals surface area contributed by atoms with Crippen LogP contribution in [0.15, 0.2) is 24.3 Å². The van der Waals surface area contributed by atoms with Gasteiger partial charge in [0.25, 0.3) is 0 Å². The first-order chi connectivity index (χ1) is 7.16. The van der Waals surface area contributed by atoms with E-state index >= 15 is 0 Å². The molecule has 80 valence electrons. The lowest BCUT2D eigenvalue weighted by molar-refractivity contribution is 0.417. The second kappa shape index (κ2) is 4.11. The van der Waals surface area contributed by atoms with E-state index in [0.717, 1.165) is 13.1 Å². The van der Waals surface area contributed by atoms with Crippen LogP contribution in [0.25, 0.3) is 5.83 Å². The summed E-state index contributed by atoms with van der Waals surface area (Å²) in [6, 6.07) is 4.45. The Morgan fingerprint density at radius 3 is 2.73 bits per heavy atom. The highest BCUT2D eigenvalue weighted by molar-refractivity contribution is 5.59. The van der Waals surface area contributed by atoms with Gasteiger partial charge in [-0.1, -0.05) is 12.1 Å². The molecule has 1 nitrogen and oxygen atoms in total. The van der Waals surface area contributed by atoms with E-state index in [1.165, 1.54) is 6.07 Å². The van der Waals surface area contributed by atoms with Crippen molar-refractivity contribution in [2.45, 2.75) is 6.92 Å². The van der Waals surface area contributed by atoms with Gasteiger partial charge in [0, 0.05) is 24.6 Å². The van der Waals surface area contributed by atoms with Crippen LogP contribution in [-0.2, 0) is 0 Å². The van der Waals surface area contributed by atoms with Crippen molar-refractivity contribution in [3.8, 4) is 0 Å². The Morgan fingerprint density at radius 2 is 2.20 bits per heavy atom. The highest BCUT2D eigenvalue weighted by Crippen LogP contribution is 2.21. The van der Waals surface area contributed by atoms with Gasteiger partial charge in [0.15, 0.2) is 0 Å². The fraction of sp³-hybridized carbons (Fsp3) is 0.333. The SMILES string of the molecule is Cc1ccc(C(F)=CC2CNC2)cc1F. The molecule has 0 radical (unpaired) electrons. The number of halogens is 2. The first kappa shape index (κ1) is 10.3. The van der Waals surface area contributed by atoms with Crippen LogP contribution in [0, 0.1) is 18.7 Å². The van der Waals surface area contributed by atoms with Crippen molar-refractivity contribution in [2.75, 3.05) is 13.1 Å². The van der Waals surface area contributed by atoms with Crippen molar-refractivity contribution in [2.24, 2.45) is 5.92 Å². The van der Waals surface area contributed by atoms with Crippen LogP contribution < -0.4 is 5.32 Å². The maximum Gasteiger partial charge on any atom is 0.126 e. The minimum Gasteiger partial charge on any atom is -0.315 e. The summed E-state index contributed by atoms with van der Waals surface area (Å²) in [4.78, 5) is 0. The Hall–Kier alpha value is -1.22. The quantitative estimate of drug-likeness (QED) is 0.789. The van der Waals surface area contributed by atoms with Gasteiger partial charge >= 0.3 is 0 Å². The van der Waals surface area contributed by atoms with Crippen molar-refractivity contribution < 1.29 is 8.78 Å².